The molecule has 0 fully saturated rings. The number of carbonyl (C=O) groups is 1. The predicted molar refractivity (Wildman–Crippen MR) is 69.1 cm³/mol. The molecule has 1 aromatic carbocycles. The first-order valence-electron chi connectivity index (χ1n) is 5.97. The number of hydrogen-bond acceptors (Lipinski definition) is 3. The lowest BCUT2D eigenvalue weighted by atomic mass is 10.0. The lowest BCUT2D eigenvalue weighted by Gasteiger charge is -2.06. The molecule has 0 heterocycles. The second kappa shape index (κ2) is 7.07. The Morgan fingerprint density at radius 1 is 1.24 bits per heavy atom. The first-order chi connectivity index (χ1) is 8.13. The normalized spacial score (nSPS) is 10.3. The Balaban J connectivity index is 2.22. The molecule has 1 aromatic rings. The van der Waals surface area contributed by atoms with Crippen LogP contribution >= 0.6 is 0 Å². The Labute approximate surface area is 103 Å². The number of hydrogen-bond donors (Lipinski definition) is 1. The summed E-state index contributed by atoms with van der Waals surface area (Å²) in [6.07, 6.45) is 1.42. The van der Waals surface area contributed by atoms with Gasteiger partial charge in [0, 0.05) is 6.54 Å². The molecule has 0 bridgehead atoms. The van der Waals surface area contributed by atoms with Crippen LogP contribution in [0.15, 0.2) is 18.2 Å². The number of rotatable bonds is 6. The molecular formula is C14H21NO2. The smallest absolute Gasteiger partial charge is 0.306 e. The number of carbonyl (C=O) groups excluding carboxylic acids is 1. The lowest BCUT2D eigenvalue weighted by Crippen LogP contribution is -2.21. The van der Waals surface area contributed by atoms with Crippen LogP contribution in [0.1, 0.15) is 23.1 Å². The van der Waals surface area contributed by atoms with Gasteiger partial charge < -0.3 is 10.1 Å². The summed E-state index contributed by atoms with van der Waals surface area (Å²) in [6.45, 7) is 5.81. The number of nitrogens with one attached hydrogen (secondary N) is 1. The van der Waals surface area contributed by atoms with Gasteiger partial charge in [-0.2, -0.15) is 0 Å². The highest BCUT2D eigenvalue weighted by Gasteiger charge is 1.99. The van der Waals surface area contributed by atoms with Crippen molar-refractivity contribution in [1.82, 2.24) is 5.32 Å². The summed E-state index contributed by atoms with van der Waals surface area (Å²) >= 11 is 0. The highest BCUT2D eigenvalue weighted by molar-refractivity contribution is 5.69. The van der Waals surface area contributed by atoms with Gasteiger partial charge >= 0.3 is 5.97 Å². The zero-order valence-corrected chi connectivity index (χ0v) is 10.9. The average molecular weight is 235 g/mol. The molecular weight excluding hydrogens is 214 g/mol. The van der Waals surface area contributed by atoms with Crippen molar-refractivity contribution in [2.75, 3.05) is 20.2 Å². The maximum atomic E-state index is 10.9. The first kappa shape index (κ1) is 13.7. The minimum atomic E-state index is -0.163. The van der Waals surface area contributed by atoms with Crippen LogP contribution in [-0.2, 0) is 16.0 Å². The Morgan fingerprint density at radius 2 is 2.00 bits per heavy atom. The molecule has 0 radical (unpaired) electrons. The Hall–Kier alpha value is -1.35. The highest BCUT2D eigenvalue weighted by Crippen LogP contribution is 2.09. The van der Waals surface area contributed by atoms with Gasteiger partial charge in [-0.3, -0.25) is 4.79 Å². The van der Waals surface area contributed by atoms with Crippen molar-refractivity contribution in [2.24, 2.45) is 0 Å². The zero-order chi connectivity index (χ0) is 12.7. The molecule has 3 nitrogen and oxygen atoms in total. The summed E-state index contributed by atoms with van der Waals surface area (Å²) in [5.74, 6) is -0.163. The first-order valence-corrected chi connectivity index (χ1v) is 5.97. The minimum absolute atomic E-state index is 0.163. The maximum absolute atomic E-state index is 10.9. The van der Waals surface area contributed by atoms with E-state index in [0.717, 1.165) is 13.0 Å². The van der Waals surface area contributed by atoms with Crippen LogP contribution in [0.5, 0.6) is 0 Å². The molecule has 94 valence electrons. The molecule has 1 N–H and O–H groups in total. The van der Waals surface area contributed by atoms with Gasteiger partial charge in [0.25, 0.3) is 0 Å². The molecule has 0 saturated carbocycles. The summed E-state index contributed by atoms with van der Waals surface area (Å²) in [4.78, 5) is 10.9. The molecule has 0 aliphatic carbocycles. The fourth-order valence-electron chi connectivity index (χ4n) is 1.61. The van der Waals surface area contributed by atoms with Gasteiger partial charge in [0.05, 0.1) is 13.5 Å². The van der Waals surface area contributed by atoms with Crippen molar-refractivity contribution < 1.29 is 9.53 Å². The molecule has 0 amide bonds. The van der Waals surface area contributed by atoms with Crippen LogP contribution in [0.3, 0.4) is 0 Å². The molecule has 0 aliphatic heterocycles. The van der Waals surface area contributed by atoms with E-state index in [1.54, 1.807) is 0 Å². The largest absolute Gasteiger partial charge is 0.469 e. The van der Waals surface area contributed by atoms with Crippen molar-refractivity contribution in [3.63, 3.8) is 0 Å². The molecule has 17 heavy (non-hydrogen) atoms. The Kier molecular flexibility index (Phi) is 5.70. The molecule has 0 unspecified atom stereocenters. The predicted octanol–water partition coefficient (Wildman–Crippen LogP) is 2.00. The molecule has 0 spiro atoms. The minimum Gasteiger partial charge on any atom is -0.469 e. The molecule has 3 heteroatoms. The van der Waals surface area contributed by atoms with Crippen LogP contribution in [0.2, 0.25) is 0 Å². The number of aryl methyl sites for hydroxylation is 2. The highest BCUT2D eigenvalue weighted by atomic mass is 16.5. The molecule has 1 rings (SSSR count). The number of ether oxygens (including phenoxy) is 1. The third-order valence-electron chi connectivity index (χ3n) is 2.90. The molecule has 0 aliphatic rings. The molecule has 0 saturated heterocycles. The van der Waals surface area contributed by atoms with Gasteiger partial charge in [0.15, 0.2) is 0 Å². The van der Waals surface area contributed by atoms with Crippen LogP contribution in [0.4, 0.5) is 0 Å². The van der Waals surface area contributed by atoms with Gasteiger partial charge in [0.2, 0.25) is 0 Å². The van der Waals surface area contributed by atoms with E-state index in [0.29, 0.717) is 13.0 Å². The van der Waals surface area contributed by atoms with Crippen LogP contribution in [-0.4, -0.2) is 26.2 Å². The van der Waals surface area contributed by atoms with Crippen molar-refractivity contribution in [3.05, 3.63) is 34.9 Å². The van der Waals surface area contributed by atoms with Crippen molar-refractivity contribution >= 4 is 5.97 Å². The lowest BCUT2D eigenvalue weighted by molar-refractivity contribution is -0.140. The summed E-state index contributed by atoms with van der Waals surface area (Å²) in [5.41, 5.74) is 3.99. The van der Waals surface area contributed by atoms with E-state index in [2.05, 4.69) is 42.1 Å². The number of methoxy groups -OCH3 is 1. The third-order valence-corrected chi connectivity index (χ3v) is 2.90. The second-order valence-electron chi connectivity index (χ2n) is 4.24. The van der Waals surface area contributed by atoms with Gasteiger partial charge in [0.1, 0.15) is 0 Å². The molecule has 0 atom stereocenters. The SMILES string of the molecule is COC(=O)CCNCCc1ccc(C)c(C)c1. The van der Waals surface area contributed by atoms with Gasteiger partial charge in [-0.05, 0) is 43.5 Å². The van der Waals surface area contributed by atoms with E-state index in [-0.39, 0.29) is 5.97 Å². The van der Waals surface area contributed by atoms with E-state index in [4.69, 9.17) is 0 Å². The van der Waals surface area contributed by atoms with Gasteiger partial charge in [-0.25, -0.2) is 0 Å². The summed E-state index contributed by atoms with van der Waals surface area (Å²) in [7, 11) is 1.41. The monoisotopic (exact) mass is 235 g/mol. The Bertz CT molecular complexity index is 374. The number of esters is 1. The van der Waals surface area contributed by atoms with Crippen molar-refractivity contribution in [3.8, 4) is 0 Å². The van der Waals surface area contributed by atoms with Gasteiger partial charge in [-0.1, -0.05) is 18.2 Å². The van der Waals surface area contributed by atoms with E-state index in [1.165, 1.54) is 23.8 Å². The number of benzene rings is 1. The van der Waals surface area contributed by atoms with E-state index in [9.17, 15) is 4.79 Å². The quantitative estimate of drug-likeness (QED) is 0.605. The fourth-order valence-corrected chi connectivity index (χ4v) is 1.61. The van der Waals surface area contributed by atoms with Crippen molar-refractivity contribution in [1.29, 1.82) is 0 Å². The van der Waals surface area contributed by atoms with E-state index >= 15 is 0 Å². The second-order valence-corrected chi connectivity index (χ2v) is 4.24. The van der Waals surface area contributed by atoms with Gasteiger partial charge in [-0.15, -0.1) is 0 Å². The van der Waals surface area contributed by atoms with E-state index in [1.807, 2.05) is 0 Å². The standard InChI is InChI=1S/C14H21NO2/c1-11-4-5-13(10-12(11)2)6-8-15-9-7-14(16)17-3/h4-5,10,15H,6-9H2,1-3H3. The summed E-state index contributed by atoms with van der Waals surface area (Å²) in [5, 5.41) is 3.23. The topological polar surface area (TPSA) is 38.3 Å². The van der Waals surface area contributed by atoms with E-state index < -0.39 is 0 Å². The summed E-state index contributed by atoms with van der Waals surface area (Å²) in [6, 6.07) is 6.53. The average Bonchev–Trinajstić information content (AvgIpc) is 2.33. The maximum Gasteiger partial charge on any atom is 0.306 e. The summed E-state index contributed by atoms with van der Waals surface area (Å²) < 4.78 is 4.57. The molecule has 0 aromatic heterocycles. The van der Waals surface area contributed by atoms with Crippen LogP contribution in [0, 0.1) is 13.8 Å². The van der Waals surface area contributed by atoms with Crippen LogP contribution in [0.25, 0.3) is 0 Å². The fraction of sp³-hybridized carbons (Fsp3) is 0.500. The van der Waals surface area contributed by atoms with Crippen molar-refractivity contribution in [2.45, 2.75) is 26.7 Å². The third kappa shape index (κ3) is 5.00. The Morgan fingerprint density at radius 3 is 2.65 bits per heavy atom. The zero-order valence-electron chi connectivity index (χ0n) is 10.9. The van der Waals surface area contributed by atoms with Crippen LogP contribution < -0.4 is 5.32 Å².